The van der Waals surface area contributed by atoms with Gasteiger partial charge in [0.1, 0.15) is 17.4 Å². The third-order valence-corrected chi connectivity index (χ3v) is 13.3. The Balaban J connectivity index is 0.724. The average molecular weight is 826 g/mol. The van der Waals surface area contributed by atoms with Gasteiger partial charge in [-0.05, 0) is 82.5 Å². The van der Waals surface area contributed by atoms with Crippen LogP contribution in [0.1, 0.15) is 107 Å². The molecule has 4 aromatic rings. The number of hydrogen-bond donors (Lipinski definition) is 3. The molecule has 3 N–H and O–H groups in total. The molecule has 5 amide bonds. The third kappa shape index (κ3) is 6.76. The number of ether oxygens (including phenoxy) is 1. The molecule has 0 spiro atoms. The van der Waals surface area contributed by atoms with Crippen molar-refractivity contribution in [1.29, 1.82) is 0 Å². The standard InChI is InChI=1S/C41H45F2N11O6/c1-50(24-13-22(14-24)45-29-4-2-3-27-34(29)41(59)54(40(27)58)31-9-10-33(55)48-39(31)57)17-21-5-7-23(8-6-21)53-19-30(35(49-53)36(42)43)46-38(56)28-16-44-52-12-11-32(47-37(28)52)51-18-26-15-25(51)20-60-26/h2-4,11-12,16,19,21-26,31,36,45H,5-10,13-15,17-18,20H2,1H3,(H,46,56)(H,48,55,57)/t21?,22-,23?,24-,25-,26-,31?/m1/s1. The fraction of sp³-hybridized carbons (Fsp3) is 0.512. The van der Waals surface area contributed by atoms with Gasteiger partial charge in [0.05, 0.1) is 47.8 Å². The molecule has 0 radical (unpaired) electrons. The second kappa shape index (κ2) is 15.0. The summed E-state index contributed by atoms with van der Waals surface area (Å²) in [6.45, 7) is 2.24. The largest absolute Gasteiger partial charge is 0.382 e. The molecule has 314 valence electrons. The predicted molar refractivity (Wildman–Crippen MR) is 211 cm³/mol. The Labute approximate surface area is 342 Å². The smallest absolute Gasteiger partial charge is 0.284 e. The van der Waals surface area contributed by atoms with E-state index in [9.17, 15) is 32.8 Å². The Hall–Kier alpha value is -5.82. The van der Waals surface area contributed by atoms with Gasteiger partial charge >= 0.3 is 0 Å². The lowest BCUT2D eigenvalue weighted by molar-refractivity contribution is -0.136. The normalized spacial score (nSPS) is 27.6. The van der Waals surface area contributed by atoms with E-state index in [2.05, 4.69) is 43.0 Å². The summed E-state index contributed by atoms with van der Waals surface area (Å²) in [6, 6.07) is 6.48. The summed E-state index contributed by atoms with van der Waals surface area (Å²) in [6.07, 6.45) is 8.03. The minimum Gasteiger partial charge on any atom is -0.382 e. The molecule has 2 saturated carbocycles. The topological polar surface area (TPSA) is 188 Å². The molecule has 1 unspecified atom stereocenters. The first-order valence-electron chi connectivity index (χ1n) is 20.7. The number of nitrogens with one attached hydrogen (secondary N) is 3. The van der Waals surface area contributed by atoms with Crippen molar-refractivity contribution in [3.63, 3.8) is 0 Å². The highest BCUT2D eigenvalue weighted by atomic mass is 19.3. The van der Waals surface area contributed by atoms with E-state index in [1.165, 1.54) is 16.9 Å². The van der Waals surface area contributed by atoms with Gasteiger partial charge in [0, 0.05) is 49.7 Å². The van der Waals surface area contributed by atoms with Crippen LogP contribution >= 0.6 is 0 Å². The van der Waals surface area contributed by atoms with Crippen molar-refractivity contribution in [3.05, 3.63) is 65.2 Å². The highest BCUT2D eigenvalue weighted by Crippen LogP contribution is 2.39. The lowest BCUT2D eigenvalue weighted by Gasteiger charge is -2.44. The molecule has 2 aliphatic carbocycles. The van der Waals surface area contributed by atoms with Gasteiger partial charge in [0.25, 0.3) is 24.1 Å². The van der Waals surface area contributed by atoms with E-state index in [0.29, 0.717) is 29.9 Å². The maximum atomic E-state index is 14.3. The zero-order valence-corrected chi connectivity index (χ0v) is 32.9. The first-order chi connectivity index (χ1) is 29.0. The Morgan fingerprint density at radius 3 is 2.57 bits per heavy atom. The van der Waals surface area contributed by atoms with Gasteiger partial charge < -0.3 is 25.2 Å². The van der Waals surface area contributed by atoms with E-state index in [0.717, 1.165) is 68.8 Å². The van der Waals surface area contributed by atoms with E-state index in [1.807, 2.05) is 6.07 Å². The van der Waals surface area contributed by atoms with Crippen molar-refractivity contribution in [2.45, 2.75) is 101 Å². The number of imide groups is 2. The van der Waals surface area contributed by atoms with Crippen molar-refractivity contribution < 1.29 is 37.5 Å². The highest BCUT2D eigenvalue weighted by molar-refractivity contribution is 6.25. The molecule has 19 heteroatoms. The Morgan fingerprint density at radius 2 is 1.83 bits per heavy atom. The molecule has 3 aromatic heterocycles. The lowest BCUT2D eigenvalue weighted by Crippen LogP contribution is -2.54. The van der Waals surface area contributed by atoms with Crippen molar-refractivity contribution in [2.24, 2.45) is 5.92 Å². The number of carbonyl (C=O) groups is 5. The average Bonchev–Trinajstić information content (AvgIpc) is 4.06. The van der Waals surface area contributed by atoms with Gasteiger partial charge in [0.2, 0.25) is 11.8 Å². The van der Waals surface area contributed by atoms with Crippen LogP contribution in [0.15, 0.2) is 42.9 Å². The maximum Gasteiger partial charge on any atom is 0.284 e. The zero-order valence-electron chi connectivity index (χ0n) is 32.9. The van der Waals surface area contributed by atoms with Crippen molar-refractivity contribution in [2.75, 3.05) is 42.3 Å². The molecule has 60 heavy (non-hydrogen) atoms. The van der Waals surface area contributed by atoms with E-state index in [1.54, 1.807) is 29.1 Å². The quantitative estimate of drug-likeness (QED) is 0.186. The molecule has 2 bridgehead atoms. The predicted octanol–water partition coefficient (Wildman–Crippen LogP) is 3.80. The van der Waals surface area contributed by atoms with E-state index < -0.39 is 47.7 Å². The third-order valence-electron chi connectivity index (χ3n) is 13.3. The number of hydrogen-bond acceptors (Lipinski definition) is 12. The van der Waals surface area contributed by atoms with Gasteiger partial charge in [-0.1, -0.05) is 6.07 Å². The number of rotatable bonds is 11. The summed E-state index contributed by atoms with van der Waals surface area (Å²) < 4.78 is 37.4. The number of benzene rings is 1. The Kier molecular flexibility index (Phi) is 9.61. The summed E-state index contributed by atoms with van der Waals surface area (Å²) in [4.78, 5) is 74.7. The molecule has 17 nitrogen and oxygen atoms in total. The van der Waals surface area contributed by atoms with Gasteiger partial charge in [-0.15, -0.1) is 0 Å². The van der Waals surface area contributed by atoms with Crippen LogP contribution in [-0.2, 0) is 14.3 Å². The SMILES string of the molecule is CN(CC1CCC(n2cc(NC(=O)c3cnn4ccc(N5C[C@H]6C[C@@H]5CO6)nc34)c(C(F)F)n2)CC1)[C@H]1C[C@H](Nc2cccc3c2C(=O)N(C2CCC(=O)NC2=O)C3=O)C1. The molecule has 5 fully saturated rings. The van der Waals surface area contributed by atoms with Crippen LogP contribution in [0.3, 0.4) is 0 Å². The summed E-state index contributed by atoms with van der Waals surface area (Å²) in [5.41, 5.74) is 1.07. The lowest BCUT2D eigenvalue weighted by atomic mass is 9.82. The van der Waals surface area contributed by atoms with Gasteiger partial charge in [0.15, 0.2) is 11.3 Å². The second-order valence-corrected chi connectivity index (χ2v) is 17.0. The molecule has 1 aromatic carbocycles. The van der Waals surface area contributed by atoms with Crippen molar-refractivity contribution in [3.8, 4) is 0 Å². The van der Waals surface area contributed by atoms with E-state index in [4.69, 9.17) is 9.72 Å². The summed E-state index contributed by atoms with van der Waals surface area (Å²) in [5.74, 6) is -1.58. The monoisotopic (exact) mass is 825 g/mol. The number of carbonyl (C=O) groups excluding carboxylic acids is 5. The summed E-state index contributed by atoms with van der Waals surface area (Å²) in [5, 5.41) is 16.9. The van der Waals surface area contributed by atoms with Crippen molar-refractivity contribution in [1.82, 2.24) is 39.5 Å². The number of nitrogens with zero attached hydrogens (tertiary/aromatic N) is 8. The highest BCUT2D eigenvalue weighted by Gasteiger charge is 2.46. The fourth-order valence-electron chi connectivity index (χ4n) is 9.97. The number of amides is 5. The first kappa shape index (κ1) is 38.4. The molecular weight excluding hydrogens is 781 g/mol. The summed E-state index contributed by atoms with van der Waals surface area (Å²) in [7, 11) is 2.11. The molecule has 10 rings (SSSR count). The first-order valence-corrected chi connectivity index (χ1v) is 20.7. The number of alkyl halides is 2. The number of aromatic nitrogens is 5. The van der Waals surface area contributed by atoms with Crippen molar-refractivity contribution >= 4 is 52.4 Å². The Morgan fingerprint density at radius 1 is 1.02 bits per heavy atom. The number of fused-ring (bicyclic) bond motifs is 4. The van der Waals surface area contributed by atoms with Crippen LogP contribution in [0.25, 0.3) is 5.65 Å². The van der Waals surface area contributed by atoms with E-state index in [-0.39, 0.29) is 59.4 Å². The number of piperidine rings is 1. The van der Waals surface area contributed by atoms with Gasteiger partial charge in [-0.25, -0.2) is 18.3 Å². The van der Waals surface area contributed by atoms with Gasteiger partial charge in [-0.2, -0.15) is 10.2 Å². The minimum atomic E-state index is -2.88. The second-order valence-electron chi connectivity index (χ2n) is 17.0. The molecule has 4 aliphatic heterocycles. The molecule has 7 heterocycles. The minimum absolute atomic E-state index is 0.0300. The number of halogens is 2. The Bertz CT molecular complexity index is 2410. The number of morpholine rings is 1. The zero-order chi connectivity index (χ0) is 41.4. The van der Waals surface area contributed by atoms with Crippen LogP contribution in [0.2, 0.25) is 0 Å². The van der Waals surface area contributed by atoms with Gasteiger partial charge in [-0.3, -0.25) is 38.9 Å². The van der Waals surface area contributed by atoms with Crippen LogP contribution in [-0.4, -0.2) is 121 Å². The molecular formula is C41H45F2N11O6. The van der Waals surface area contributed by atoms with Crippen LogP contribution in [0.4, 0.5) is 26.0 Å². The molecule has 6 aliphatic rings. The molecule has 3 saturated heterocycles. The van der Waals surface area contributed by atoms with Crippen LogP contribution in [0, 0.1) is 5.92 Å². The van der Waals surface area contributed by atoms with E-state index >= 15 is 0 Å². The maximum absolute atomic E-state index is 14.3. The molecule has 3 atom stereocenters. The number of anilines is 3. The van der Waals surface area contributed by atoms with Crippen LogP contribution < -0.4 is 20.9 Å². The fourth-order valence-corrected chi connectivity index (χ4v) is 9.97. The van der Waals surface area contributed by atoms with Crippen LogP contribution in [0.5, 0.6) is 0 Å². The summed E-state index contributed by atoms with van der Waals surface area (Å²) >= 11 is 0.